The summed E-state index contributed by atoms with van der Waals surface area (Å²) in [6, 6.07) is 10.5. The molecule has 0 unspecified atom stereocenters. The Morgan fingerprint density at radius 2 is 1.75 bits per heavy atom. The van der Waals surface area contributed by atoms with E-state index >= 15 is 0 Å². The van der Waals surface area contributed by atoms with Crippen LogP contribution >= 0.6 is 11.6 Å². The van der Waals surface area contributed by atoms with Crippen LogP contribution in [0.5, 0.6) is 0 Å². The smallest absolute Gasteiger partial charge is 0.298 e. The number of pyridine rings is 1. The van der Waals surface area contributed by atoms with Crippen LogP contribution < -0.4 is 16.5 Å². The van der Waals surface area contributed by atoms with Gasteiger partial charge in [-0.3, -0.25) is 15.8 Å². The first kappa shape index (κ1) is 15.9. The number of rotatable bonds is 5. The number of nitrogens with zero attached hydrogens (tertiary/aromatic N) is 4. The van der Waals surface area contributed by atoms with Crippen LogP contribution in [0.3, 0.4) is 0 Å². The van der Waals surface area contributed by atoms with Crippen LogP contribution in [0.1, 0.15) is 12.7 Å². The van der Waals surface area contributed by atoms with Gasteiger partial charge in [-0.15, -0.1) is 0 Å². The predicted molar refractivity (Wildman–Crippen MR) is 93.5 cm³/mol. The summed E-state index contributed by atoms with van der Waals surface area (Å²) in [5.74, 6) is 0.801. The number of hydrogen-bond acceptors (Lipinski definition) is 6. The molecule has 0 radical (unpaired) electrons. The lowest BCUT2D eigenvalue weighted by molar-refractivity contribution is 0.772. The summed E-state index contributed by atoms with van der Waals surface area (Å²) < 4.78 is 1.47. The molecule has 3 aromatic rings. The molecule has 0 fully saturated rings. The first-order chi connectivity index (χ1) is 11.7. The first-order valence-electron chi connectivity index (χ1n) is 7.35. The number of anilines is 2. The van der Waals surface area contributed by atoms with Gasteiger partial charge in [0.25, 0.3) is 0 Å². The molecule has 2 heterocycles. The highest BCUT2D eigenvalue weighted by molar-refractivity contribution is 6.30. The second kappa shape index (κ2) is 7.10. The van der Waals surface area contributed by atoms with Crippen molar-refractivity contribution < 1.29 is 0 Å². The molecule has 0 saturated heterocycles. The number of aryl methyl sites for hydroxylation is 1. The second-order valence-corrected chi connectivity index (χ2v) is 5.33. The molecular formula is C16H15ClN6O. The molecule has 122 valence electrons. The molecule has 2 aromatic heterocycles. The van der Waals surface area contributed by atoms with Gasteiger partial charge in [0.05, 0.1) is 11.4 Å². The molecule has 3 rings (SSSR count). The Morgan fingerprint density at radius 3 is 2.42 bits per heavy atom. The predicted octanol–water partition coefficient (Wildman–Crippen LogP) is 2.68. The van der Waals surface area contributed by atoms with Gasteiger partial charge in [0.15, 0.2) is 0 Å². The zero-order valence-corrected chi connectivity index (χ0v) is 13.7. The van der Waals surface area contributed by atoms with E-state index in [-0.39, 0.29) is 5.95 Å². The van der Waals surface area contributed by atoms with E-state index in [2.05, 4.69) is 25.8 Å². The van der Waals surface area contributed by atoms with Crippen molar-refractivity contribution in [2.45, 2.75) is 13.3 Å². The van der Waals surface area contributed by atoms with Crippen LogP contribution in [0.4, 0.5) is 11.6 Å². The van der Waals surface area contributed by atoms with Crippen LogP contribution in [-0.2, 0) is 6.42 Å². The van der Waals surface area contributed by atoms with E-state index in [1.165, 1.54) is 4.57 Å². The summed E-state index contributed by atoms with van der Waals surface area (Å²) in [7, 11) is 0. The topological polar surface area (TPSA) is 84.7 Å². The van der Waals surface area contributed by atoms with E-state index < -0.39 is 5.69 Å². The third-order valence-electron chi connectivity index (χ3n) is 3.29. The molecule has 0 saturated carbocycles. The fourth-order valence-electron chi connectivity index (χ4n) is 2.15. The molecule has 0 aliphatic carbocycles. The third-order valence-corrected chi connectivity index (χ3v) is 3.54. The fraction of sp³-hybridized carbons (Fsp3) is 0.125. The zero-order valence-electron chi connectivity index (χ0n) is 12.9. The van der Waals surface area contributed by atoms with Crippen molar-refractivity contribution in [1.82, 2.24) is 19.5 Å². The van der Waals surface area contributed by atoms with Crippen LogP contribution in [-0.4, -0.2) is 19.5 Å². The lowest BCUT2D eigenvalue weighted by Crippen LogP contribution is -2.28. The summed E-state index contributed by atoms with van der Waals surface area (Å²) in [6.07, 6.45) is 3.88. The minimum atomic E-state index is -0.414. The molecule has 0 spiro atoms. The third kappa shape index (κ3) is 3.52. The Hall–Kier alpha value is -2.93. The molecule has 0 aliphatic rings. The molecule has 0 bridgehead atoms. The van der Waals surface area contributed by atoms with Gasteiger partial charge in [-0.1, -0.05) is 18.5 Å². The van der Waals surface area contributed by atoms with Crippen molar-refractivity contribution >= 4 is 23.2 Å². The van der Waals surface area contributed by atoms with Gasteiger partial charge in [-0.05, 0) is 36.4 Å². The summed E-state index contributed by atoms with van der Waals surface area (Å²) in [5.41, 5.74) is 6.80. The summed E-state index contributed by atoms with van der Waals surface area (Å²) >= 11 is 5.90. The maximum Gasteiger partial charge on any atom is 0.356 e. The maximum atomic E-state index is 12.4. The highest BCUT2D eigenvalue weighted by Crippen LogP contribution is 2.14. The molecule has 1 aromatic carbocycles. The Balaban J connectivity index is 1.90. The van der Waals surface area contributed by atoms with Crippen LogP contribution in [0.2, 0.25) is 5.02 Å². The summed E-state index contributed by atoms with van der Waals surface area (Å²) in [4.78, 5) is 24.7. The Kier molecular flexibility index (Phi) is 4.72. The first-order valence-corrected chi connectivity index (χ1v) is 7.73. The Morgan fingerprint density at radius 1 is 1.04 bits per heavy atom. The molecule has 2 N–H and O–H groups in total. The van der Waals surface area contributed by atoms with Gasteiger partial charge in [0, 0.05) is 23.8 Å². The number of aromatic nitrogens is 4. The molecule has 24 heavy (non-hydrogen) atoms. The average molecular weight is 343 g/mol. The number of hydrazine groups is 1. The molecular weight excluding hydrogens is 328 g/mol. The van der Waals surface area contributed by atoms with Crippen LogP contribution in [0.25, 0.3) is 5.69 Å². The zero-order chi connectivity index (χ0) is 16.9. The van der Waals surface area contributed by atoms with Gasteiger partial charge < -0.3 is 0 Å². The number of hydrogen-bond donors (Lipinski definition) is 2. The lowest BCUT2D eigenvalue weighted by Gasteiger charge is -2.13. The standard InChI is InChI=1S/C16H15ClN6O/c1-2-14-19-15(22-21-12-7-9-18-10-8-12)20-16(24)23(14)13-5-3-11(17)4-6-13/h3-10H,2H2,1H3,(H,18,21)(H,20,22,24). The van der Waals surface area contributed by atoms with Crippen molar-refractivity contribution in [3.63, 3.8) is 0 Å². The average Bonchev–Trinajstić information content (AvgIpc) is 2.61. The molecule has 8 heteroatoms. The minimum absolute atomic E-state index is 0.207. The van der Waals surface area contributed by atoms with Crippen molar-refractivity contribution in [1.29, 1.82) is 0 Å². The molecule has 0 amide bonds. The number of nitrogens with one attached hydrogen (secondary N) is 2. The molecule has 0 aliphatic heterocycles. The largest absolute Gasteiger partial charge is 0.356 e. The van der Waals surface area contributed by atoms with Gasteiger partial charge in [-0.25, -0.2) is 9.36 Å². The monoisotopic (exact) mass is 342 g/mol. The van der Waals surface area contributed by atoms with E-state index in [1.807, 2.05) is 6.92 Å². The van der Waals surface area contributed by atoms with Crippen LogP contribution in [0.15, 0.2) is 53.6 Å². The van der Waals surface area contributed by atoms with Gasteiger partial charge in [-0.2, -0.15) is 9.97 Å². The highest BCUT2D eigenvalue weighted by Gasteiger charge is 2.10. The van der Waals surface area contributed by atoms with Crippen molar-refractivity contribution in [3.8, 4) is 5.69 Å². The van der Waals surface area contributed by atoms with E-state index in [1.54, 1.807) is 48.8 Å². The van der Waals surface area contributed by atoms with E-state index in [0.717, 1.165) is 5.69 Å². The van der Waals surface area contributed by atoms with Gasteiger partial charge >= 0.3 is 5.69 Å². The second-order valence-electron chi connectivity index (χ2n) is 4.90. The van der Waals surface area contributed by atoms with Crippen LogP contribution in [0, 0.1) is 0 Å². The van der Waals surface area contributed by atoms with Crippen molar-refractivity contribution in [3.05, 3.63) is 70.1 Å². The SMILES string of the molecule is CCc1nc(NNc2ccncc2)nc(=O)n1-c1ccc(Cl)cc1. The Labute approximate surface area is 143 Å². The van der Waals surface area contributed by atoms with Gasteiger partial charge in [0.1, 0.15) is 5.82 Å². The Bertz CT molecular complexity index is 879. The summed E-state index contributed by atoms with van der Waals surface area (Å²) in [5, 5.41) is 0.602. The molecule has 0 atom stereocenters. The quantitative estimate of drug-likeness (QED) is 0.693. The minimum Gasteiger partial charge on any atom is -0.298 e. The lowest BCUT2D eigenvalue weighted by atomic mass is 10.3. The number of benzene rings is 1. The van der Waals surface area contributed by atoms with E-state index in [9.17, 15) is 4.79 Å². The number of halogens is 1. The van der Waals surface area contributed by atoms with Crippen molar-refractivity contribution in [2.24, 2.45) is 0 Å². The maximum absolute atomic E-state index is 12.4. The normalized spacial score (nSPS) is 10.4. The van der Waals surface area contributed by atoms with Crippen molar-refractivity contribution in [2.75, 3.05) is 10.9 Å². The van der Waals surface area contributed by atoms with E-state index in [0.29, 0.717) is 23.0 Å². The van der Waals surface area contributed by atoms with Gasteiger partial charge in [0.2, 0.25) is 5.95 Å². The fourth-order valence-corrected chi connectivity index (χ4v) is 2.28. The summed E-state index contributed by atoms with van der Waals surface area (Å²) in [6.45, 7) is 1.92. The molecule has 7 nitrogen and oxygen atoms in total. The highest BCUT2D eigenvalue weighted by atomic mass is 35.5. The van der Waals surface area contributed by atoms with E-state index in [4.69, 9.17) is 11.6 Å².